The molecule has 126 valence electrons. The predicted molar refractivity (Wildman–Crippen MR) is 90.0 cm³/mol. The second-order valence-corrected chi connectivity index (χ2v) is 12.8. The van der Waals surface area contributed by atoms with Crippen LogP contribution in [0.4, 0.5) is 4.79 Å². The van der Waals surface area contributed by atoms with Crippen molar-refractivity contribution in [3.8, 4) is 0 Å². The summed E-state index contributed by atoms with van der Waals surface area (Å²) < 4.78 is 11.3. The van der Waals surface area contributed by atoms with Gasteiger partial charge in [0.05, 0.1) is 0 Å². The van der Waals surface area contributed by atoms with E-state index < -0.39 is 20.0 Å². The smallest absolute Gasteiger partial charge is 0.407 e. The number of ether oxygens (including phenoxy) is 1. The first kappa shape index (κ1) is 20.4. The standard InChI is InChI=1S/C15H34N2O3Si/c1-14(2,3)20-13(18)17-12(11-16)9-10-19-21(7,8)15(4,5)6/h12H,9-11,16H2,1-8H3,(H,17,18)/t12-/m0/s1. The van der Waals surface area contributed by atoms with Gasteiger partial charge in [-0.05, 0) is 45.3 Å². The lowest BCUT2D eigenvalue weighted by atomic mass is 10.2. The van der Waals surface area contributed by atoms with Crippen LogP contribution in [-0.2, 0) is 9.16 Å². The van der Waals surface area contributed by atoms with Crippen LogP contribution in [0.2, 0.25) is 18.1 Å². The number of carbonyl (C=O) groups excluding carboxylic acids is 1. The van der Waals surface area contributed by atoms with E-state index in [1.54, 1.807) is 0 Å². The highest BCUT2D eigenvalue weighted by Crippen LogP contribution is 2.36. The Morgan fingerprint density at radius 3 is 2.10 bits per heavy atom. The highest BCUT2D eigenvalue weighted by atomic mass is 28.4. The lowest BCUT2D eigenvalue weighted by Gasteiger charge is -2.36. The van der Waals surface area contributed by atoms with Crippen molar-refractivity contribution >= 4 is 14.4 Å². The lowest BCUT2D eigenvalue weighted by Crippen LogP contribution is -2.45. The van der Waals surface area contributed by atoms with Gasteiger partial charge in [-0.25, -0.2) is 4.79 Å². The molecule has 0 aliphatic rings. The fourth-order valence-corrected chi connectivity index (χ4v) is 2.46. The number of nitrogens with two attached hydrogens (primary N) is 1. The maximum atomic E-state index is 11.7. The third kappa shape index (κ3) is 8.43. The first-order chi connectivity index (χ1) is 9.28. The fourth-order valence-electron chi connectivity index (χ4n) is 1.40. The molecule has 6 heteroatoms. The number of hydrogen-bond donors (Lipinski definition) is 2. The van der Waals surface area contributed by atoms with Gasteiger partial charge in [0.1, 0.15) is 5.60 Å². The quantitative estimate of drug-likeness (QED) is 0.737. The summed E-state index contributed by atoms with van der Waals surface area (Å²) in [5, 5.41) is 2.98. The summed E-state index contributed by atoms with van der Waals surface area (Å²) >= 11 is 0. The molecule has 0 aromatic heterocycles. The van der Waals surface area contributed by atoms with Gasteiger partial charge in [0.2, 0.25) is 0 Å². The van der Waals surface area contributed by atoms with Crippen LogP contribution in [-0.4, -0.2) is 39.2 Å². The number of nitrogens with one attached hydrogen (secondary N) is 1. The van der Waals surface area contributed by atoms with Gasteiger partial charge in [-0.15, -0.1) is 0 Å². The molecule has 0 aromatic rings. The van der Waals surface area contributed by atoms with Crippen molar-refractivity contribution in [1.82, 2.24) is 5.32 Å². The second-order valence-electron chi connectivity index (χ2n) is 7.98. The molecule has 0 bridgehead atoms. The van der Waals surface area contributed by atoms with Crippen LogP contribution in [0.25, 0.3) is 0 Å². The Morgan fingerprint density at radius 2 is 1.71 bits per heavy atom. The monoisotopic (exact) mass is 318 g/mol. The van der Waals surface area contributed by atoms with E-state index in [2.05, 4.69) is 39.2 Å². The Kier molecular flexibility index (Phi) is 7.39. The molecule has 0 saturated carbocycles. The second kappa shape index (κ2) is 7.60. The largest absolute Gasteiger partial charge is 0.444 e. The summed E-state index contributed by atoms with van der Waals surface area (Å²) in [6.07, 6.45) is 0.271. The molecule has 1 amide bonds. The van der Waals surface area contributed by atoms with Crippen molar-refractivity contribution in [2.45, 2.75) is 77.7 Å². The summed E-state index contributed by atoms with van der Waals surface area (Å²) in [4.78, 5) is 11.7. The van der Waals surface area contributed by atoms with Gasteiger partial charge < -0.3 is 20.2 Å². The molecule has 3 N–H and O–H groups in total. The molecule has 0 saturated heterocycles. The van der Waals surface area contributed by atoms with Gasteiger partial charge in [0.15, 0.2) is 8.32 Å². The minimum atomic E-state index is -1.75. The summed E-state index contributed by atoms with van der Waals surface area (Å²) in [5.41, 5.74) is 5.21. The number of amides is 1. The van der Waals surface area contributed by atoms with Crippen molar-refractivity contribution in [2.24, 2.45) is 5.73 Å². The lowest BCUT2D eigenvalue weighted by molar-refractivity contribution is 0.0499. The number of hydrogen-bond acceptors (Lipinski definition) is 4. The van der Waals surface area contributed by atoms with Crippen LogP contribution in [0.3, 0.4) is 0 Å². The van der Waals surface area contributed by atoms with Gasteiger partial charge in [0, 0.05) is 19.2 Å². The van der Waals surface area contributed by atoms with Crippen molar-refractivity contribution in [3.05, 3.63) is 0 Å². The summed E-state index contributed by atoms with van der Waals surface area (Å²) in [7, 11) is -1.75. The topological polar surface area (TPSA) is 73.6 Å². The van der Waals surface area contributed by atoms with E-state index in [1.807, 2.05) is 20.8 Å². The predicted octanol–water partition coefficient (Wildman–Crippen LogP) is 3.25. The van der Waals surface area contributed by atoms with Crippen LogP contribution >= 0.6 is 0 Å². The summed E-state index contributed by atoms with van der Waals surface area (Å²) in [6, 6.07) is -0.121. The first-order valence-electron chi connectivity index (χ1n) is 7.62. The normalized spacial score (nSPS) is 14.7. The minimum absolute atomic E-state index is 0.121. The molecule has 1 atom stereocenters. The van der Waals surface area contributed by atoms with Gasteiger partial charge >= 0.3 is 6.09 Å². The fraction of sp³-hybridized carbons (Fsp3) is 0.933. The van der Waals surface area contributed by atoms with Crippen molar-refractivity contribution in [1.29, 1.82) is 0 Å². The minimum Gasteiger partial charge on any atom is -0.444 e. The summed E-state index contributed by atoms with van der Waals surface area (Å²) in [6.45, 7) is 17.5. The zero-order valence-electron chi connectivity index (χ0n) is 15.0. The Morgan fingerprint density at radius 1 is 1.19 bits per heavy atom. The molecule has 21 heavy (non-hydrogen) atoms. The maximum Gasteiger partial charge on any atom is 0.407 e. The molecule has 0 aliphatic heterocycles. The van der Waals surface area contributed by atoms with Gasteiger partial charge in [-0.3, -0.25) is 0 Å². The van der Waals surface area contributed by atoms with E-state index in [4.69, 9.17) is 14.9 Å². The van der Waals surface area contributed by atoms with Crippen LogP contribution < -0.4 is 11.1 Å². The van der Waals surface area contributed by atoms with E-state index in [1.165, 1.54) is 0 Å². The molecule has 0 rings (SSSR count). The van der Waals surface area contributed by atoms with Crippen molar-refractivity contribution < 1.29 is 14.0 Å². The zero-order chi connectivity index (χ0) is 16.9. The summed E-state index contributed by atoms with van der Waals surface area (Å²) in [5.74, 6) is 0. The molecular formula is C15H34N2O3Si. The number of carbonyl (C=O) groups is 1. The zero-order valence-corrected chi connectivity index (χ0v) is 16.0. The van der Waals surface area contributed by atoms with Crippen LogP contribution in [0.1, 0.15) is 48.0 Å². The highest BCUT2D eigenvalue weighted by molar-refractivity contribution is 6.74. The van der Waals surface area contributed by atoms with Crippen molar-refractivity contribution in [3.63, 3.8) is 0 Å². The van der Waals surface area contributed by atoms with Gasteiger partial charge in [-0.1, -0.05) is 20.8 Å². The van der Waals surface area contributed by atoms with E-state index in [9.17, 15) is 4.79 Å². The Labute approximate surface area is 131 Å². The molecule has 0 heterocycles. The van der Waals surface area contributed by atoms with Crippen LogP contribution in [0, 0.1) is 0 Å². The molecule has 0 spiro atoms. The molecule has 0 aliphatic carbocycles. The van der Waals surface area contributed by atoms with E-state index in [0.29, 0.717) is 19.6 Å². The molecular weight excluding hydrogens is 284 g/mol. The van der Waals surface area contributed by atoms with E-state index in [-0.39, 0.29) is 11.1 Å². The third-order valence-corrected chi connectivity index (χ3v) is 8.28. The Balaban J connectivity index is 4.26. The molecule has 0 radical (unpaired) electrons. The Bertz CT molecular complexity index is 333. The maximum absolute atomic E-state index is 11.7. The highest BCUT2D eigenvalue weighted by Gasteiger charge is 2.37. The van der Waals surface area contributed by atoms with E-state index in [0.717, 1.165) is 0 Å². The number of alkyl carbamates (subject to hydrolysis) is 1. The van der Waals surface area contributed by atoms with Crippen molar-refractivity contribution in [2.75, 3.05) is 13.2 Å². The van der Waals surface area contributed by atoms with Crippen LogP contribution in [0.15, 0.2) is 0 Å². The van der Waals surface area contributed by atoms with Crippen LogP contribution in [0.5, 0.6) is 0 Å². The third-order valence-electron chi connectivity index (χ3n) is 3.74. The SMILES string of the molecule is CC(C)(C)OC(=O)N[C@H](CN)CCO[Si](C)(C)C(C)(C)C. The number of rotatable bonds is 6. The molecule has 0 fully saturated rings. The van der Waals surface area contributed by atoms with Gasteiger partial charge in [0.25, 0.3) is 0 Å². The average Bonchev–Trinajstić information content (AvgIpc) is 2.23. The average molecular weight is 319 g/mol. The van der Waals surface area contributed by atoms with E-state index >= 15 is 0 Å². The molecule has 0 unspecified atom stereocenters. The molecule has 5 nitrogen and oxygen atoms in total. The van der Waals surface area contributed by atoms with Gasteiger partial charge in [-0.2, -0.15) is 0 Å². The Hall–Kier alpha value is -0.593. The molecule has 0 aromatic carbocycles. The first-order valence-corrected chi connectivity index (χ1v) is 10.5.